The van der Waals surface area contributed by atoms with Crippen molar-refractivity contribution in [3.05, 3.63) is 64.8 Å². The number of hydrogen-bond donors (Lipinski definition) is 1. The van der Waals surface area contributed by atoms with Crippen molar-refractivity contribution in [1.82, 2.24) is 4.57 Å². The highest BCUT2D eigenvalue weighted by Gasteiger charge is 2.25. The van der Waals surface area contributed by atoms with E-state index < -0.39 is 10.0 Å². The van der Waals surface area contributed by atoms with Gasteiger partial charge in [0.05, 0.1) is 16.3 Å². The number of aromatic nitrogens is 1. The summed E-state index contributed by atoms with van der Waals surface area (Å²) in [5.74, 6) is 0.0284. The maximum absolute atomic E-state index is 12.9. The summed E-state index contributed by atoms with van der Waals surface area (Å²) in [6, 6.07) is 13.8. The monoisotopic (exact) mass is 430 g/mol. The summed E-state index contributed by atoms with van der Waals surface area (Å²) in [6.07, 6.45) is 0.367. The average Bonchev–Trinajstić information content (AvgIpc) is 2.99. The number of sulfonamides is 1. The van der Waals surface area contributed by atoms with E-state index in [1.165, 1.54) is 12.1 Å². The minimum atomic E-state index is -3.78. The van der Waals surface area contributed by atoms with E-state index in [1.807, 2.05) is 49.6 Å². The fourth-order valence-corrected chi connectivity index (χ4v) is 4.30. The van der Waals surface area contributed by atoms with Crippen molar-refractivity contribution in [1.29, 1.82) is 0 Å². The molecule has 5 nitrogen and oxygen atoms in total. The van der Waals surface area contributed by atoms with Crippen LogP contribution in [0.2, 0.25) is 5.02 Å². The van der Waals surface area contributed by atoms with Gasteiger partial charge in [0.2, 0.25) is 10.0 Å². The van der Waals surface area contributed by atoms with Crippen LogP contribution in [0.1, 0.15) is 36.3 Å². The molecule has 1 aromatic heterocycles. The molecule has 0 saturated carbocycles. The summed E-state index contributed by atoms with van der Waals surface area (Å²) in [4.78, 5) is 12.9. The van der Waals surface area contributed by atoms with Crippen LogP contribution in [0.25, 0.3) is 22.4 Å². The summed E-state index contributed by atoms with van der Waals surface area (Å²) in [5.41, 5.74) is 5.08. The van der Waals surface area contributed by atoms with Crippen molar-refractivity contribution in [2.24, 2.45) is 5.14 Å². The summed E-state index contributed by atoms with van der Waals surface area (Å²) >= 11 is 6.05. The van der Waals surface area contributed by atoms with Gasteiger partial charge < -0.3 is 4.57 Å². The van der Waals surface area contributed by atoms with Gasteiger partial charge in [-0.1, -0.05) is 42.8 Å². The second kappa shape index (κ2) is 8.14. The van der Waals surface area contributed by atoms with E-state index in [-0.39, 0.29) is 10.7 Å². The predicted octanol–water partition coefficient (Wildman–Crippen LogP) is 5.04. The van der Waals surface area contributed by atoms with Crippen LogP contribution in [0.5, 0.6) is 0 Å². The van der Waals surface area contributed by atoms with E-state index in [2.05, 4.69) is 0 Å². The van der Waals surface area contributed by atoms with Crippen molar-refractivity contribution in [2.75, 3.05) is 0 Å². The number of primary sulfonamides is 1. The lowest BCUT2D eigenvalue weighted by Crippen LogP contribution is -2.12. The Bertz CT molecular complexity index is 1160. The standard InChI is InChI=1S/C22H23ClN2O3S/c1-4-19(26)22-20(15-8-12-18(13-9-15)29(24,27)28)14(3)21(25(22)5-2)16-6-10-17(23)11-7-16/h6-13H,4-5H2,1-3H3,(H2,24,27,28). The smallest absolute Gasteiger partial charge is 0.238 e. The summed E-state index contributed by atoms with van der Waals surface area (Å²) < 4.78 is 25.2. The average molecular weight is 431 g/mol. The van der Waals surface area contributed by atoms with Crippen LogP contribution in [0.15, 0.2) is 53.4 Å². The quantitative estimate of drug-likeness (QED) is 0.556. The Hall–Kier alpha value is -2.41. The second-order valence-corrected chi connectivity index (χ2v) is 8.79. The van der Waals surface area contributed by atoms with E-state index in [9.17, 15) is 13.2 Å². The molecule has 2 aromatic carbocycles. The molecule has 0 saturated heterocycles. The summed E-state index contributed by atoms with van der Waals surface area (Å²) in [7, 11) is -3.78. The molecular weight excluding hydrogens is 408 g/mol. The van der Waals surface area contributed by atoms with Crippen LogP contribution in [0.3, 0.4) is 0 Å². The number of ketones is 1. The molecule has 0 bridgehead atoms. The Morgan fingerprint density at radius 1 is 1.00 bits per heavy atom. The highest BCUT2D eigenvalue weighted by Crippen LogP contribution is 2.39. The van der Waals surface area contributed by atoms with Gasteiger partial charge in [-0.2, -0.15) is 0 Å². The topological polar surface area (TPSA) is 82.2 Å². The molecule has 0 aliphatic carbocycles. The highest BCUT2D eigenvalue weighted by molar-refractivity contribution is 7.89. The van der Waals surface area contributed by atoms with Gasteiger partial charge in [0.1, 0.15) is 0 Å². The fourth-order valence-electron chi connectivity index (χ4n) is 3.66. The highest BCUT2D eigenvalue weighted by atomic mass is 35.5. The Balaban J connectivity index is 2.31. The Labute approximate surface area is 176 Å². The first kappa shape index (κ1) is 21.3. The lowest BCUT2D eigenvalue weighted by Gasteiger charge is -2.11. The van der Waals surface area contributed by atoms with Gasteiger partial charge in [-0.3, -0.25) is 4.79 Å². The van der Waals surface area contributed by atoms with Crippen LogP contribution in [-0.2, 0) is 16.6 Å². The van der Waals surface area contributed by atoms with Gasteiger partial charge in [-0.25, -0.2) is 13.6 Å². The zero-order valence-electron chi connectivity index (χ0n) is 16.6. The largest absolute Gasteiger partial charge is 0.338 e. The number of hydrogen-bond acceptors (Lipinski definition) is 3. The molecule has 0 spiro atoms. The molecule has 0 aliphatic rings. The van der Waals surface area contributed by atoms with Crippen LogP contribution >= 0.6 is 11.6 Å². The molecule has 1 heterocycles. The Morgan fingerprint density at radius 2 is 1.55 bits per heavy atom. The number of carbonyl (C=O) groups is 1. The molecule has 152 valence electrons. The minimum absolute atomic E-state index is 0.0284. The van der Waals surface area contributed by atoms with E-state index >= 15 is 0 Å². The molecule has 0 aliphatic heterocycles. The van der Waals surface area contributed by atoms with Gasteiger partial charge in [-0.05, 0) is 54.8 Å². The third kappa shape index (κ3) is 4.01. The van der Waals surface area contributed by atoms with Crippen molar-refractivity contribution >= 4 is 27.4 Å². The third-order valence-corrected chi connectivity index (χ3v) is 6.18. The lowest BCUT2D eigenvalue weighted by atomic mass is 9.97. The van der Waals surface area contributed by atoms with Crippen LogP contribution in [-0.4, -0.2) is 18.8 Å². The SMILES string of the molecule is CCC(=O)c1c(-c2ccc(S(N)(=O)=O)cc2)c(C)c(-c2ccc(Cl)cc2)n1CC. The van der Waals surface area contributed by atoms with Crippen molar-refractivity contribution < 1.29 is 13.2 Å². The normalized spacial score (nSPS) is 11.6. The fraction of sp³-hybridized carbons (Fsp3) is 0.227. The number of rotatable bonds is 6. The summed E-state index contributed by atoms with van der Waals surface area (Å²) in [5, 5.41) is 5.86. The van der Waals surface area contributed by atoms with Gasteiger partial charge in [0.15, 0.2) is 5.78 Å². The number of Topliss-reactive ketones (excluding diaryl/α,β-unsaturated/α-hetero) is 1. The molecule has 3 aromatic rings. The van der Waals surface area contributed by atoms with E-state index in [1.54, 1.807) is 12.1 Å². The van der Waals surface area contributed by atoms with Crippen LogP contribution < -0.4 is 5.14 Å². The van der Waals surface area contributed by atoms with Gasteiger partial charge in [0, 0.05) is 23.6 Å². The Kier molecular flexibility index (Phi) is 5.98. The second-order valence-electron chi connectivity index (χ2n) is 6.79. The molecule has 7 heteroatoms. The number of carbonyl (C=O) groups excluding carboxylic acids is 1. The lowest BCUT2D eigenvalue weighted by molar-refractivity contribution is 0.0980. The molecule has 0 unspecified atom stereocenters. The van der Waals surface area contributed by atoms with Gasteiger partial charge in [0.25, 0.3) is 0 Å². The zero-order valence-corrected chi connectivity index (χ0v) is 18.1. The third-order valence-electron chi connectivity index (χ3n) is 5.00. The molecule has 2 N–H and O–H groups in total. The van der Waals surface area contributed by atoms with E-state index in [0.29, 0.717) is 23.7 Å². The maximum Gasteiger partial charge on any atom is 0.238 e. The number of benzene rings is 2. The molecule has 0 radical (unpaired) electrons. The molecule has 0 amide bonds. The molecule has 29 heavy (non-hydrogen) atoms. The predicted molar refractivity (Wildman–Crippen MR) is 117 cm³/mol. The number of nitrogens with zero attached hydrogens (tertiary/aromatic N) is 1. The van der Waals surface area contributed by atoms with Gasteiger partial charge in [-0.15, -0.1) is 0 Å². The minimum Gasteiger partial charge on any atom is -0.338 e. The maximum atomic E-state index is 12.9. The summed E-state index contributed by atoms with van der Waals surface area (Å²) in [6.45, 7) is 6.43. The first-order valence-electron chi connectivity index (χ1n) is 9.34. The first-order valence-corrected chi connectivity index (χ1v) is 11.3. The van der Waals surface area contributed by atoms with Crippen LogP contribution in [0, 0.1) is 6.92 Å². The molecule has 0 fully saturated rings. The van der Waals surface area contributed by atoms with E-state index in [0.717, 1.165) is 27.9 Å². The first-order chi connectivity index (χ1) is 13.7. The van der Waals surface area contributed by atoms with Crippen LogP contribution in [0.4, 0.5) is 0 Å². The molecule has 3 rings (SSSR count). The van der Waals surface area contributed by atoms with Gasteiger partial charge >= 0.3 is 0 Å². The van der Waals surface area contributed by atoms with Crippen molar-refractivity contribution in [2.45, 2.75) is 38.6 Å². The Morgan fingerprint density at radius 3 is 2.03 bits per heavy atom. The van der Waals surface area contributed by atoms with Crippen molar-refractivity contribution in [3.8, 4) is 22.4 Å². The zero-order chi connectivity index (χ0) is 21.3. The molecule has 0 atom stereocenters. The van der Waals surface area contributed by atoms with Crippen molar-refractivity contribution in [3.63, 3.8) is 0 Å². The number of nitrogens with two attached hydrogens (primary N) is 1. The molecular formula is C22H23ClN2O3S. The van der Waals surface area contributed by atoms with E-state index in [4.69, 9.17) is 16.7 Å². The number of halogens is 1.